The van der Waals surface area contributed by atoms with E-state index in [0.29, 0.717) is 22.9 Å². The largest absolute Gasteiger partial charge is 0.366 e. The number of para-hydroxylation sites is 1. The maximum absolute atomic E-state index is 11.8. The average Bonchev–Trinajstić information content (AvgIpc) is 3.16. The van der Waals surface area contributed by atoms with Crippen LogP contribution < -0.4 is 16.0 Å². The van der Waals surface area contributed by atoms with Gasteiger partial charge in [0.05, 0.1) is 16.6 Å². The zero-order valence-electron chi connectivity index (χ0n) is 16.1. The molecule has 28 heavy (non-hydrogen) atoms. The van der Waals surface area contributed by atoms with Gasteiger partial charge in [0.2, 0.25) is 0 Å². The number of aromatic amines is 1. The van der Waals surface area contributed by atoms with E-state index in [-0.39, 0.29) is 0 Å². The SMILES string of the molecule is CCCCC1CNCCN1c1ncccc1-c1nc2c(C(N)=O)cccc2[nH]1. The number of piperazine rings is 1. The van der Waals surface area contributed by atoms with Crippen LogP contribution in [-0.2, 0) is 0 Å². The Morgan fingerprint density at radius 3 is 3.04 bits per heavy atom. The number of pyridine rings is 1. The molecule has 1 aromatic carbocycles. The number of nitrogens with two attached hydrogens (primary N) is 1. The molecule has 1 unspecified atom stereocenters. The van der Waals surface area contributed by atoms with Gasteiger partial charge in [-0.2, -0.15) is 0 Å². The number of imidazole rings is 1. The predicted octanol–water partition coefficient (Wildman–Crippen LogP) is 2.69. The first-order valence-electron chi connectivity index (χ1n) is 9.90. The van der Waals surface area contributed by atoms with Gasteiger partial charge in [0, 0.05) is 31.9 Å². The smallest absolute Gasteiger partial charge is 0.250 e. The molecule has 0 spiro atoms. The van der Waals surface area contributed by atoms with E-state index in [9.17, 15) is 4.79 Å². The van der Waals surface area contributed by atoms with E-state index in [4.69, 9.17) is 15.7 Å². The lowest BCUT2D eigenvalue weighted by molar-refractivity contribution is 0.100. The summed E-state index contributed by atoms with van der Waals surface area (Å²) in [4.78, 5) is 26.9. The van der Waals surface area contributed by atoms with Crippen LogP contribution in [0.3, 0.4) is 0 Å². The highest BCUT2D eigenvalue weighted by atomic mass is 16.1. The summed E-state index contributed by atoms with van der Waals surface area (Å²) in [5.41, 5.74) is 8.28. The fourth-order valence-corrected chi connectivity index (χ4v) is 3.91. The molecule has 0 saturated carbocycles. The Labute approximate surface area is 164 Å². The predicted molar refractivity (Wildman–Crippen MR) is 111 cm³/mol. The zero-order valence-corrected chi connectivity index (χ0v) is 16.1. The highest BCUT2D eigenvalue weighted by Crippen LogP contribution is 2.31. The summed E-state index contributed by atoms with van der Waals surface area (Å²) in [5, 5.41) is 3.50. The number of primary amides is 1. The van der Waals surface area contributed by atoms with Gasteiger partial charge in [-0.15, -0.1) is 0 Å². The molecule has 7 nitrogen and oxygen atoms in total. The Kier molecular flexibility index (Phi) is 5.25. The number of carbonyl (C=O) groups excluding carboxylic acids is 1. The van der Waals surface area contributed by atoms with Crippen LogP contribution in [0.4, 0.5) is 5.82 Å². The Morgan fingerprint density at radius 1 is 1.32 bits per heavy atom. The number of amides is 1. The standard InChI is InChI=1S/C21H26N6O/c1-2-3-6-14-13-23-11-12-27(14)21-16(8-5-10-24-21)20-25-17-9-4-7-15(19(22)28)18(17)26-20/h4-5,7-10,14,23H,2-3,6,11-13H2,1H3,(H2,22,28)(H,25,26). The van der Waals surface area contributed by atoms with Gasteiger partial charge in [0.1, 0.15) is 17.2 Å². The number of hydrogen-bond donors (Lipinski definition) is 3. The summed E-state index contributed by atoms with van der Waals surface area (Å²) >= 11 is 0. The lowest BCUT2D eigenvalue weighted by atomic mass is 10.0. The molecular weight excluding hydrogens is 352 g/mol. The highest BCUT2D eigenvalue weighted by molar-refractivity contribution is 6.04. The van der Waals surface area contributed by atoms with Crippen LogP contribution in [0.1, 0.15) is 36.5 Å². The van der Waals surface area contributed by atoms with Crippen LogP contribution in [0.25, 0.3) is 22.4 Å². The third-order valence-corrected chi connectivity index (χ3v) is 5.33. The molecule has 0 aliphatic carbocycles. The number of rotatable bonds is 6. The number of anilines is 1. The van der Waals surface area contributed by atoms with Gasteiger partial charge in [-0.25, -0.2) is 9.97 Å². The van der Waals surface area contributed by atoms with Gasteiger partial charge in [0.15, 0.2) is 0 Å². The molecule has 1 saturated heterocycles. The van der Waals surface area contributed by atoms with Crippen molar-refractivity contribution in [2.45, 2.75) is 32.2 Å². The summed E-state index contributed by atoms with van der Waals surface area (Å²) < 4.78 is 0. The van der Waals surface area contributed by atoms with Gasteiger partial charge in [0.25, 0.3) is 5.91 Å². The fourth-order valence-electron chi connectivity index (χ4n) is 3.91. The minimum atomic E-state index is -0.475. The molecule has 1 amide bonds. The molecule has 1 atom stereocenters. The van der Waals surface area contributed by atoms with Gasteiger partial charge in [-0.05, 0) is 30.7 Å². The van der Waals surface area contributed by atoms with Crippen LogP contribution in [-0.4, -0.2) is 46.5 Å². The molecule has 146 valence electrons. The van der Waals surface area contributed by atoms with E-state index in [1.165, 1.54) is 12.8 Å². The summed E-state index contributed by atoms with van der Waals surface area (Å²) in [6, 6.07) is 9.78. The Bertz CT molecular complexity index is 982. The quantitative estimate of drug-likeness (QED) is 0.612. The summed E-state index contributed by atoms with van der Waals surface area (Å²) in [5.74, 6) is 1.17. The van der Waals surface area contributed by atoms with Crippen LogP contribution in [0.5, 0.6) is 0 Å². The van der Waals surface area contributed by atoms with Crippen molar-refractivity contribution in [2.75, 3.05) is 24.5 Å². The number of carbonyl (C=O) groups is 1. The number of hydrogen-bond acceptors (Lipinski definition) is 5. The number of H-pyrrole nitrogens is 1. The van der Waals surface area contributed by atoms with E-state index in [0.717, 1.165) is 43.0 Å². The van der Waals surface area contributed by atoms with Crippen molar-refractivity contribution in [3.05, 3.63) is 42.1 Å². The maximum atomic E-state index is 11.8. The van der Waals surface area contributed by atoms with Crippen LogP contribution >= 0.6 is 0 Å². The van der Waals surface area contributed by atoms with E-state index in [1.807, 2.05) is 30.5 Å². The molecule has 7 heteroatoms. The van der Waals surface area contributed by atoms with Crippen molar-refractivity contribution in [1.82, 2.24) is 20.3 Å². The van der Waals surface area contributed by atoms with Crippen molar-refractivity contribution in [3.8, 4) is 11.4 Å². The number of fused-ring (bicyclic) bond motifs is 1. The topological polar surface area (TPSA) is 99.9 Å². The second-order valence-electron chi connectivity index (χ2n) is 7.22. The molecule has 3 heterocycles. The maximum Gasteiger partial charge on any atom is 0.250 e. The third kappa shape index (κ3) is 3.45. The first-order valence-corrected chi connectivity index (χ1v) is 9.90. The van der Waals surface area contributed by atoms with Crippen molar-refractivity contribution in [1.29, 1.82) is 0 Å². The van der Waals surface area contributed by atoms with Crippen LogP contribution in [0.2, 0.25) is 0 Å². The number of benzene rings is 1. The summed E-state index contributed by atoms with van der Waals surface area (Å²) in [6.45, 7) is 5.02. The lowest BCUT2D eigenvalue weighted by Crippen LogP contribution is -2.51. The first kappa shape index (κ1) is 18.4. The molecule has 1 aliphatic heterocycles. The fraction of sp³-hybridized carbons (Fsp3) is 0.381. The second-order valence-corrected chi connectivity index (χ2v) is 7.22. The van der Waals surface area contributed by atoms with Crippen molar-refractivity contribution in [3.63, 3.8) is 0 Å². The molecule has 1 aliphatic rings. The molecule has 4 N–H and O–H groups in total. The minimum absolute atomic E-state index is 0.410. The van der Waals surface area contributed by atoms with Gasteiger partial charge < -0.3 is 20.9 Å². The van der Waals surface area contributed by atoms with Gasteiger partial charge >= 0.3 is 0 Å². The first-order chi connectivity index (χ1) is 13.7. The van der Waals surface area contributed by atoms with E-state index < -0.39 is 5.91 Å². The Balaban J connectivity index is 1.77. The van der Waals surface area contributed by atoms with E-state index >= 15 is 0 Å². The Hall–Kier alpha value is -2.93. The van der Waals surface area contributed by atoms with Gasteiger partial charge in [-0.1, -0.05) is 25.8 Å². The molecule has 0 radical (unpaired) electrons. The number of unbranched alkanes of at least 4 members (excludes halogenated alkanes) is 1. The molecular formula is C21H26N6O. The Morgan fingerprint density at radius 2 is 2.21 bits per heavy atom. The molecule has 2 aromatic heterocycles. The minimum Gasteiger partial charge on any atom is -0.366 e. The second kappa shape index (κ2) is 7.98. The lowest BCUT2D eigenvalue weighted by Gasteiger charge is -2.38. The summed E-state index contributed by atoms with van der Waals surface area (Å²) in [7, 11) is 0. The number of nitrogens with one attached hydrogen (secondary N) is 2. The van der Waals surface area contributed by atoms with Crippen molar-refractivity contribution < 1.29 is 4.79 Å². The molecule has 1 fully saturated rings. The van der Waals surface area contributed by atoms with Crippen LogP contribution in [0.15, 0.2) is 36.5 Å². The average molecular weight is 378 g/mol. The zero-order chi connectivity index (χ0) is 19.5. The molecule has 4 rings (SSSR count). The van der Waals surface area contributed by atoms with Crippen LogP contribution in [0, 0.1) is 0 Å². The summed E-state index contributed by atoms with van der Waals surface area (Å²) in [6.07, 6.45) is 5.33. The monoisotopic (exact) mass is 378 g/mol. The number of aromatic nitrogens is 3. The highest BCUT2D eigenvalue weighted by Gasteiger charge is 2.26. The number of nitrogens with zero attached hydrogens (tertiary/aromatic N) is 3. The molecule has 3 aromatic rings. The normalized spacial score (nSPS) is 17.2. The van der Waals surface area contributed by atoms with Crippen molar-refractivity contribution >= 4 is 22.8 Å². The van der Waals surface area contributed by atoms with Crippen molar-refractivity contribution in [2.24, 2.45) is 5.73 Å². The van der Waals surface area contributed by atoms with Gasteiger partial charge in [-0.3, -0.25) is 4.79 Å². The third-order valence-electron chi connectivity index (χ3n) is 5.33. The molecule has 0 bridgehead atoms. The van der Waals surface area contributed by atoms with E-state index in [2.05, 4.69) is 22.1 Å². The van der Waals surface area contributed by atoms with E-state index in [1.54, 1.807) is 6.07 Å².